The highest BCUT2D eigenvalue weighted by molar-refractivity contribution is 5.80. The maximum Gasteiger partial charge on any atom is 0.319 e. The fourth-order valence-corrected chi connectivity index (χ4v) is 3.65. The Hall–Kier alpha value is -1.79. The molecule has 0 spiro atoms. The van der Waals surface area contributed by atoms with Crippen LogP contribution in [0.2, 0.25) is 0 Å². The Labute approximate surface area is 149 Å². The lowest BCUT2D eigenvalue weighted by Crippen LogP contribution is -2.48. The fraction of sp³-hybridized carbons (Fsp3) is 0.833. The molecule has 2 aliphatic heterocycles. The van der Waals surface area contributed by atoms with Crippen molar-refractivity contribution in [3.05, 3.63) is 0 Å². The van der Waals surface area contributed by atoms with E-state index in [2.05, 4.69) is 0 Å². The van der Waals surface area contributed by atoms with Crippen molar-refractivity contribution in [3.63, 3.8) is 0 Å². The summed E-state index contributed by atoms with van der Waals surface area (Å²) in [6, 6.07) is 0.105. The summed E-state index contributed by atoms with van der Waals surface area (Å²) in [5, 5.41) is 8.90. The van der Waals surface area contributed by atoms with Crippen molar-refractivity contribution >= 4 is 17.9 Å². The van der Waals surface area contributed by atoms with Gasteiger partial charge >= 0.3 is 12.0 Å². The highest BCUT2D eigenvalue weighted by atomic mass is 16.4. The molecule has 25 heavy (non-hydrogen) atoms. The molecule has 0 aromatic carbocycles. The molecule has 2 rings (SSSR count). The van der Waals surface area contributed by atoms with Gasteiger partial charge in [-0.3, -0.25) is 9.59 Å². The molecule has 0 aliphatic carbocycles. The predicted octanol–water partition coefficient (Wildman–Crippen LogP) is 1.87. The minimum Gasteiger partial charge on any atom is -0.481 e. The number of aliphatic carboxylic acids is 1. The number of likely N-dealkylation sites (tertiary alicyclic amines) is 2. The van der Waals surface area contributed by atoms with Crippen LogP contribution in [0, 0.1) is 11.8 Å². The molecular formula is C18H31N3O4. The third-order valence-electron chi connectivity index (χ3n) is 4.98. The molecule has 7 heteroatoms. The number of piperidine rings is 1. The molecule has 0 radical (unpaired) electrons. The van der Waals surface area contributed by atoms with E-state index in [-0.39, 0.29) is 30.8 Å². The van der Waals surface area contributed by atoms with Crippen molar-refractivity contribution in [1.82, 2.24) is 14.7 Å². The van der Waals surface area contributed by atoms with E-state index in [1.54, 1.807) is 4.90 Å². The lowest BCUT2D eigenvalue weighted by molar-refractivity contribution is -0.140. The fourth-order valence-electron chi connectivity index (χ4n) is 3.65. The first-order valence-electron chi connectivity index (χ1n) is 9.43. The van der Waals surface area contributed by atoms with E-state index in [4.69, 9.17) is 5.11 Å². The largest absolute Gasteiger partial charge is 0.481 e. The molecule has 0 aromatic rings. The number of amides is 3. The number of nitrogens with zero attached hydrogens (tertiary/aromatic N) is 3. The Kier molecular flexibility index (Phi) is 7.08. The molecule has 0 saturated carbocycles. The monoisotopic (exact) mass is 353 g/mol. The van der Waals surface area contributed by atoms with Gasteiger partial charge in [0.25, 0.3) is 0 Å². The molecule has 2 aliphatic rings. The number of carbonyl (C=O) groups is 3. The van der Waals surface area contributed by atoms with E-state index in [0.29, 0.717) is 38.4 Å². The standard InChI is InChI=1S/C18H31N3O4/c1-14(2)13-21(12-7-16(22)23)17(24)15-5-10-20(11-6-15)18(25)19-8-3-4-9-19/h14-15H,3-13H2,1-2H3,(H,22,23). The van der Waals surface area contributed by atoms with Gasteiger partial charge in [0.1, 0.15) is 0 Å². The van der Waals surface area contributed by atoms with Crippen LogP contribution in [-0.4, -0.2) is 77.0 Å². The second-order valence-corrected chi connectivity index (χ2v) is 7.56. The van der Waals surface area contributed by atoms with Crippen LogP contribution >= 0.6 is 0 Å². The van der Waals surface area contributed by atoms with Crippen molar-refractivity contribution in [2.75, 3.05) is 39.3 Å². The molecule has 2 saturated heterocycles. The maximum absolute atomic E-state index is 12.8. The van der Waals surface area contributed by atoms with Crippen molar-refractivity contribution < 1.29 is 19.5 Å². The van der Waals surface area contributed by atoms with Gasteiger partial charge in [0.05, 0.1) is 6.42 Å². The molecular weight excluding hydrogens is 322 g/mol. The summed E-state index contributed by atoms with van der Waals surface area (Å²) in [6.45, 7) is 7.81. The Morgan fingerprint density at radius 1 is 1.04 bits per heavy atom. The summed E-state index contributed by atoms with van der Waals surface area (Å²) in [5.41, 5.74) is 0. The number of carboxylic acids is 1. The van der Waals surface area contributed by atoms with E-state index in [1.165, 1.54) is 0 Å². The average Bonchev–Trinajstić information content (AvgIpc) is 3.11. The number of carbonyl (C=O) groups excluding carboxylic acids is 2. The molecule has 2 fully saturated rings. The first-order chi connectivity index (χ1) is 11.9. The van der Waals surface area contributed by atoms with Gasteiger partial charge in [0.2, 0.25) is 5.91 Å². The Bertz CT molecular complexity index is 481. The highest BCUT2D eigenvalue weighted by Crippen LogP contribution is 2.22. The zero-order valence-electron chi connectivity index (χ0n) is 15.4. The molecule has 0 atom stereocenters. The third kappa shape index (κ3) is 5.61. The zero-order valence-corrected chi connectivity index (χ0v) is 15.4. The van der Waals surface area contributed by atoms with Crippen LogP contribution in [0.15, 0.2) is 0 Å². The summed E-state index contributed by atoms with van der Waals surface area (Å²) in [6.07, 6.45) is 3.47. The van der Waals surface area contributed by atoms with Crippen molar-refractivity contribution in [3.8, 4) is 0 Å². The van der Waals surface area contributed by atoms with Gasteiger partial charge in [0, 0.05) is 45.2 Å². The third-order valence-corrected chi connectivity index (χ3v) is 4.98. The number of urea groups is 1. The van der Waals surface area contributed by atoms with Crippen LogP contribution in [0.1, 0.15) is 46.0 Å². The quantitative estimate of drug-likeness (QED) is 0.790. The predicted molar refractivity (Wildman–Crippen MR) is 94.2 cm³/mol. The molecule has 0 bridgehead atoms. The van der Waals surface area contributed by atoms with Gasteiger partial charge in [-0.15, -0.1) is 0 Å². The summed E-state index contributed by atoms with van der Waals surface area (Å²) >= 11 is 0. The lowest BCUT2D eigenvalue weighted by atomic mass is 9.95. The molecule has 0 unspecified atom stereocenters. The maximum atomic E-state index is 12.8. The van der Waals surface area contributed by atoms with Crippen LogP contribution < -0.4 is 0 Å². The first kappa shape index (κ1) is 19.5. The molecule has 2 heterocycles. The number of rotatable bonds is 6. The van der Waals surface area contributed by atoms with Gasteiger partial charge < -0.3 is 19.8 Å². The number of hydrogen-bond acceptors (Lipinski definition) is 3. The van der Waals surface area contributed by atoms with Crippen LogP contribution in [0.3, 0.4) is 0 Å². The van der Waals surface area contributed by atoms with Gasteiger partial charge in [0.15, 0.2) is 0 Å². The molecule has 7 nitrogen and oxygen atoms in total. The highest BCUT2D eigenvalue weighted by Gasteiger charge is 2.32. The van der Waals surface area contributed by atoms with Crippen molar-refractivity contribution in [2.24, 2.45) is 11.8 Å². The topological polar surface area (TPSA) is 81.2 Å². The van der Waals surface area contributed by atoms with E-state index >= 15 is 0 Å². The zero-order chi connectivity index (χ0) is 18.4. The van der Waals surface area contributed by atoms with Crippen LogP contribution in [-0.2, 0) is 9.59 Å². The van der Waals surface area contributed by atoms with Gasteiger partial charge in [-0.05, 0) is 31.6 Å². The van der Waals surface area contributed by atoms with Crippen LogP contribution in [0.5, 0.6) is 0 Å². The van der Waals surface area contributed by atoms with Gasteiger partial charge in [-0.2, -0.15) is 0 Å². The molecule has 142 valence electrons. The van der Waals surface area contributed by atoms with E-state index in [9.17, 15) is 14.4 Å². The number of carboxylic acid groups (broad SMARTS) is 1. The SMILES string of the molecule is CC(C)CN(CCC(=O)O)C(=O)C1CCN(C(=O)N2CCCC2)CC1. The molecule has 0 aromatic heterocycles. The minimum absolute atomic E-state index is 0.0231. The smallest absolute Gasteiger partial charge is 0.319 e. The number of hydrogen-bond donors (Lipinski definition) is 1. The Balaban J connectivity index is 1.86. The van der Waals surface area contributed by atoms with E-state index < -0.39 is 5.97 Å². The van der Waals surface area contributed by atoms with Crippen molar-refractivity contribution in [1.29, 1.82) is 0 Å². The first-order valence-corrected chi connectivity index (χ1v) is 9.43. The van der Waals surface area contributed by atoms with Crippen LogP contribution in [0.4, 0.5) is 4.79 Å². The normalized spacial score (nSPS) is 18.7. The van der Waals surface area contributed by atoms with Crippen LogP contribution in [0.25, 0.3) is 0 Å². The van der Waals surface area contributed by atoms with E-state index in [1.807, 2.05) is 23.6 Å². The second kappa shape index (κ2) is 9.06. The summed E-state index contributed by atoms with van der Waals surface area (Å²) < 4.78 is 0. The van der Waals surface area contributed by atoms with Gasteiger partial charge in [-0.25, -0.2) is 4.79 Å². The Morgan fingerprint density at radius 3 is 2.12 bits per heavy atom. The summed E-state index contributed by atoms with van der Waals surface area (Å²) in [7, 11) is 0. The minimum atomic E-state index is -0.882. The van der Waals surface area contributed by atoms with E-state index in [0.717, 1.165) is 25.9 Å². The molecule has 3 amide bonds. The summed E-state index contributed by atoms with van der Waals surface area (Å²) in [5.74, 6) is -0.638. The lowest BCUT2D eigenvalue weighted by Gasteiger charge is -2.36. The second-order valence-electron chi connectivity index (χ2n) is 7.56. The van der Waals surface area contributed by atoms with Gasteiger partial charge in [-0.1, -0.05) is 13.8 Å². The molecule has 1 N–H and O–H groups in total. The summed E-state index contributed by atoms with van der Waals surface area (Å²) in [4.78, 5) is 41.5. The Morgan fingerprint density at radius 2 is 1.60 bits per heavy atom. The van der Waals surface area contributed by atoms with Crippen molar-refractivity contribution in [2.45, 2.75) is 46.0 Å². The average molecular weight is 353 g/mol.